The molecule has 0 fully saturated rings. The van der Waals surface area contributed by atoms with Gasteiger partial charge in [-0.05, 0) is 43.2 Å². The van der Waals surface area contributed by atoms with E-state index in [0.717, 1.165) is 22.3 Å². The molecule has 0 radical (unpaired) electrons. The number of benzene rings is 3. The Bertz CT molecular complexity index is 1320. The zero-order chi connectivity index (χ0) is 24.8. The van der Waals surface area contributed by atoms with Gasteiger partial charge in [-0.1, -0.05) is 90.0 Å². The maximum Gasteiger partial charge on any atom is 0.263 e. The number of rotatable bonds is 8. The topological polar surface area (TPSA) is 80.4 Å². The van der Waals surface area contributed by atoms with Gasteiger partial charge < -0.3 is 14.9 Å². The highest BCUT2D eigenvalue weighted by Gasteiger charge is 2.22. The SMILES string of the molecule is CCOC(=C=C(c1ccccc1)C(O)c1ccc(C)cc1)n1ncnc1C(O)c1ccc(C)cc1. The molecule has 0 amide bonds. The Balaban J connectivity index is 1.87. The van der Waals surface area contributed by atoms with Crippen LogP contribution in [0.25, 0.3) is 11.5 Å². The molecule has 2 N–H and O–H groups in total. The minimum atomic E-state index is -1.02. The van der Waals surface area contributed by atoms with Crippen LogP contribution in [-0.2, 0) is 4.74 Å². The van der Waals surface area contributed by atoms with E-state index in [2.05, 4.69) is 15.8 Å². The van der Waals surface area contributed by atoms with Gasteiger partial charge in [-0.15, -0.1) is 0 Å². The summed E-state index contributed by atoms with van der Waals surface area (Å²) in [5, 5.41) is 26.7. The molecule has 0 spiro atoms. The molecule has 0 saturated carbocycles. The number of aryl methyl sites for hydroxylation is 2. The van der Waals surface area contributed by atoms with Gasteiger partial charge in [0.25, 0.3) is 5.88 Å². The van der Waals surface area contributed by atoms with Crippen LogP contribution in [-0.4, -0.2) is 31.6 Å². The Hall–Kier alpha value is -3.96. The van der Waals surface area contributed by atoms with Gasteiger partial charge >= 0.3 is 0 Å². The first kappa shape index (κ1) is 24.2. The monoisotopic (exact) mass is 467 g/mol. The smallest absolute Gasteiger partial charge is 0.263 e. The van der Waals surface area contributed by atoms with E-state index in [-0.39, 0.29) is 5.88 Å². The van der Waals surface area contributed by atoms with Gasteiger partial charge in [0.2, 0.25) is 0 Å². The van der Waals surface area contributed by atoms with Crippen molar-refractivity contribution in [2.75, 3.05) is 6.61 Å². The molecule has 178 valence electrons. The van der Waals surface area contributed by atoms with Gasteiger partial charge in [0.05, 0.1) is 6.61 Å². The molecule has 0 aliphatic carbocycles. The van der Waals surface area contributed by atoms with Crippen molar-refractivity contribution in [3.05, 3.63) is 125 Å². The summed E-state index contributed by atoms with van der Waals surface area (Å²) >= 11 is 0. The number of aliphatic hydroxyl groups excluding tert-OH is 2. The van der Waals surface area contributed by atoms with Gasteiger partial charge in [0, 0.05) is 5.57 Å². The van der Waals surface area contributed by atoms with Crippen molar-refractivity contribution in [2.24, 2.45) is 0 Å². The second-order valence-electron chi connectivity index (χ2n) is 8.30. The van der Waals surface area contributed by atoms with E-state index in [0.29, 0.717) is 23.6 Å². The fourth-order valence-electron chi connectivity index (χ4n) is 3.72. The lowest BCUT2D eigenvalue weighted by molar-refractivity contribution is 0.200. The number of hydrogen-bond donors (Lipinski definition) is 2. The molecule has 4 aromatic rings. The van der Waals surface area contributed by atoms with Crippen molar-refractivity contribution in [3.63, 3.8) is 0 Å². The number of nitrogens with zero attached hydrogens (tertiary/aromatic N) is 3. The normalized spacial score (nSPS) is 12.5. The summed E-state index contributed by atoms with van der Waals surface area (Å²) in [5.74, 6) is 0.526. The third-order valence-electron chi connectivity index (χ3n) is 5.68. The molecule has 0 aliphatic heterocycles. The second kappa shape index (κ2) is 11.0. The van der Waals surface area contributed by atoms with E-state index in [4.69, 9.17) is 4.74 Å². The molecule has 4 rings (SSSR count). The molecule has 0 aliphatic rings. The van der Waals surface area contributed by atoms with E-state index in [1.165, 1.54) is 11.0 Å². The quantitative estimate of drug-likeness (QED) is 0.274. The predicted octanol–water partition coefficient (Wildman–Crippen LogP) is 5.23. The molecule has 1 heterocycles. The van der Waals surface area contributed by atoms with Crippen LogP contribution in [0.4, 0.5) is 0 Å². The molecule has 6 nitrogen and oxygen atoms in total. The van der Waals surface area contributed by atoms with Gasteiger partial charge in [-0.3, -0.25) is 0 Å². The van der Waals surface area contributed by atoms with Gasteiger partial charge in [0.15, 0.2) is 5.82 Å². The Labute approximate surface area is 205 Å². The summed E-state index contributed by atoms with van der Waals surface area (Å²) < 4.78 is 7.34. The Kier molecular flexibility index (Phi) is 7.58. The maximum absolute atomic E-state index is 11.4. The lowest BCUT2D eigenvalue weighted by Crippen LogP contribution is -2.13. The molecule has 1 aromatic heterocycles. The second-order valence-corrected chi connectivity index (χ2v) is 8.30. The van der Waals surface area contributed by atoms with Crippen LogP contribution < -0.4 is 0 Å². The van der Waals surface area contributed by atoms with Gasteiger partial charge in [0.1, 0.15) is 18.5 Å². The van der Waals surface area contributed by atoms with Crippen LogP contribution in [0, 0.1) is 13.8 Å². The molecule has 2 atom stereocenters. The van der Waals surface area contributed by atoms with E-state index in [1.54, 1.807) is 0 Å². The summed E-state index contributed by atoms with van der Waals surface area (Å²) in [5.41, 5.74) is 8.18. The molecule has 35 heavy (non-hydrogen) atoms. The van der Waals surface area contributed by atoms with Crippen molar-refractivity contribution in [3.8, 4) is 0 Å². The maximum atomic E-state index is 11.4. The van der Waals surface area contributed by atoms with Crippen LogP contribution in [0.3, 0.4) is 0 Å². The Morgan fingerprint density at radius 1 is 0.886 bits per heavy atom. The first-order valence-electron chi connectivity index (χ1n) is 11.6. The van der Waals surface area contributed by atoms with Crippen molar-refractivity contribution < 1.29 is 14.9 Å². The van der Waals surface area contributed by atoms with Crippen molar-refractivity contribution in [2.45, 2.75) is 33.0 Å². The molecule has 0 bridgehead atoms. The molecule has 2 unspecified atom stereocenters. The van der Waals surface area contributed by atoms with Crippen LogP contribution in [0.1, 0.15) is 52.8 Å². The minimum Gasteiger partial charge on any atom is -0.472 e. The zero-order valence-electron chi connectivity index (χ0n) is 20.1. The molecule has 0 saturated heterocycles. The van der Waals surface area contributed by atoms with Gasteiger partial charge in [-0.25, -0.2) is 4.98 Å². The minimum absolute atomic E-state index is 0.233. The largest absolute Gasteiger partial charge is 0.472 e. The van der Waals surface area contributed by atoms with E-state index in [9.17, 15) is 10.2 Å². The Morgan fingerprint density at radius 2 is 1.49 bits per heavy atom. The number of aliphatic hydroxyl groups is 2. The highest BCUT2D eigenvalue weighted by atomic mass is 16.5. The third-order valence-corrected chi connectivity index (χ3v) is 5.68. The summed E-state index contributed by atoms with van der Waals surface area (Å²) in [7, 11) is 0. The summed E-state index contributed by atoms with van der Waals surface area (Å²) in [6, 6.07) is 24.8. The van der Waals surface area contributed by atoms with Crippen molar-refractivity contribution in [1.29, 1.82) is 0 Å². The first-order chi connectivity index (χ1) is 17.0. The first-order valence-corrected chi connectivity index (χ1v) is 11.6. The van der Waals surface area contributed by atoms with Gasteiger partial charge in [-0.2, -0.15) is 9.78 Å². The predicted molar refractivity (Wildman–Crippen MR) is 136 cm³/mol. The fraction of sp³-hybridized carbons (Fsp3) is 0.207. The average Bonchev–Trinajstić information content (AvgIpc) is 3.37. The zero-order valence-corrected chi connectivity index (χ0v) is 20.1. The number of hydrogen-bond acceptors (Lipinski definition) is 5. The Morgan fingerprint density at radius 3 is 2.09 bits per heavy atom. The standard InChI is InChI=1S/C29H29N3O3/c1-4-35-26(32-29(30-19-31-32)28(34)24-16-12-21(3)13-17-24)18-25(22-8-6-5-7-9-22)27(33)23-14-10-20(2)11-15-23/h5-17,19,27-28,33-34H,4H2,1-3H3. The highest BCUT2D eigenvalue weighted by Crippen LogP contribution is 2.31. The number of aromatic nitrogens is 3. The van der Waals surface area contributed by atoms with Crippen LogP contribution in [0.15, 0.2) is 90.9 Å². The fourth-order valence-corrected chi connectivity index (χ4v) is 3.72. The van der Waals surface area contributed by atoms with Crippen molar-refractivity contribution >= 4 is 11.5 Å². The third kappa shape index (κ3) is 5.58. The van der Waals surface area contributed by atoms with Crippen LogP contribution in [0.5, 0.6) is 0 Å². The van der Waals surface area contributed by atoms with Crippen molar-refractivity contribution in [1.82, 2.24) is 14.8 Å². The average molecular weight is 468 g/mol. The van der Waals surface area contributed by atoms with Crippen LogP contribution >= 0.6 is 0 Å². The highest BCUT2D eigenvalue weighted by molar-refractivity contribution is 5.72. The van der Waals surface area contributed by atoms with Crippen LogP contribution in [0.2, 0.25) is 0 Å². The van der Waals surface area contributed by atoms with E-state index < -0.39 is 12.2 Å². The lowest BCUT2D eigenvalue weighted by atomic mass is 9.95. The molecule has 6 heteroatoms. The number of ether oxygens (including phenoxy) is 1. The molecular weight excluding hydrogens is 438 g/mol. The van der Waals surface area contributed by atoms with E-state index in [1.807, 2.05) is 99.6 Å². The lowest BCUT2D eigenvalue weighted by Gasteiger charge is -2.17. The summed E-state index contributed by atoms with van der Waals surface area (Å²) in [6.07, 6.45) is -0.605. The molecule has 3 aromatic carbocycles. The van der Waals surface area contributed by atoms with E-state index >= 15 is 0 Å². The summed E-state index contributed by atoms with van der Waals surface area (Å²) in [4.78, 5) is 4.30. The molecular formula is C29H29N3O3. The summed E-state index contributed by atoms with van der Waals surface area (Å²) in [6.45, 7) is 6.19.